The van der Waals surface area contributed by atoms with E-state index in [1.165, 1.54) is 57.8 Å². The molecule has 11 atom stereocenters. The average molecular weight is 915 g/mol. The smallest absolute Gasteiger partial charge is 0.306 e. The quantitative estimate of drug-likeness (QED) is 0.0211. The van der Waals surface area contributed by atoms with Crippen LogP contribution in [0.2, 0.25) is 0 Å². The van der Waals surface area contributed by atoms with E-state index in [0.29, 0.717) is 12.8 Å². The van der Waals surface area contributed by atoms with Gasteiger partial charge in [0.15, 0.2) is 18.7 Å². The first-order valence-corrected chi connectivity index (χ1v) is 24.6. The summed E-state index contributed by atoms with van der Waals surface area (Å²) < 4.78 is 33.5. The van der Waals surface area contributed by atoms with Gasteiger partial charge in [0.05, 0.1) is 19.8 Å². The van der Waals surface area contributed by atoms with Crippen molar-refractivity contribution in [2.24, 2.45) is 0 Å². The minimum Gasteiger partial charge on any atom is -0.462 e. The number of hydrogen-bond donors (Lipinski definition) is 7. The Balaban J connectivity index is 1.81. The second-order valence-corrected chi connectivity index (χ2v) is 17.3. The van der Waals surface area contributed by atoms with Gasteiger partial charge in [0.2, 0.25) is 0 Å². The van der Waals surface area contributed by atoms with Crippen LogP contribution in [0.25, 0.3) is 0 Å². The fourth-order valence-corrected chi connectivity index (χ4v) is 7.52. The second-order valence-electron chi connectivity index (χ2n) is 17.3. The van der Waals surface area contributed by atoms with E-state index in [0.717, 1.165) is 70.6 Å². The van der Waals surface area contributed by atoms with E-state index in [4.69, 9.17) is 28.4 Å². The lowest BCUT2D eigenvalue weighted by Gasteiger charge is -2.42. The molecular formula is C49H86O15. The molecular weight excluding hydrogens is 829 g/mol. The zero-order valence-corrected chi connectivity index (χ0v) is 39.0. The Bertz CT molecular complexity index is 1260. The molecule has 2 fully saturated rings. The van der Waals surface area contributed by atoms with E-state index >= 15 is 0 Å². The van der Waals surface area contributed by atoms with E-state index in [2.05, 4.69) is 50.3 Å². The molecule has 0 spiro atoms. The van der Waals surface area contributed by atoms with Crippen LogP contribution in [0.1, 0.15) is 168 Å². The van der Waals surface area contributed by atoms with E-state index in [1.54, 1.807) is 0 Å². The fraction of sp³-hybridized carbons (Fsp3) is 0.837. The van der Waals surface area contributed by atoms with E-state index in [-0.39, 0.29) is 26.1 Å². The number of ether oxygens (including phenoxy) is 6. The van der Waals surface area contributed by atoms with Crippen molar-refractivity contribution in [2.75, 3.05) is 26.4 Å². The molecule has 2 rings (SSSR count). The molecule has 0 aromatic carbocycles. The fourth-order valence-electron chi connectivity index (χ4n) is 7.52. The van der Waals surface area contributed by atoms with Crippen LogP contribution in [0.5, 0.6) is 0 Å². The Kier molecular flexibility index (Phi) is 33.3. The molecule has 7 N–H and O–H groups in total. The van der Waals surface area contributed by atoms with Gasteiger partial charge in [-0.1, -0.05) is 140 Å². The first-order valence-electron chi connectivity index (χ1n) is 24.6. The third-order valence-corrected chi connectivity index (χ3v) is 11.6. The molecule has 15 nitrogen and oxygen atoms in total. The van der Waals surface area contributed by atoms with Gasteiger partial charge in [-0.2, -0.15) is 0 Å². The molecule has 2 aliphatic heterocycles. The van der Waals surface area contributed by atoms with Crippen molar-refractivity contribution in [2.45, 2.75) is 235 Å². The molecule has 0 aliphatic carbocycles. The second kappa shape index (κ2) is 36.8. The van der Waals surface area contributed by atoms with Gasteiger partial charge in [-0.05, 0) is 51.4 Å². The normalized spacial score (nSPS) is 26.9. The number of unbranched alkanes of at least 4 members (excludes halogenated alkanes) is 17. The van der Waals surface area contributed by atoms with Crippen molar-refractivity contribution in [1.82, 2.24) is 0 Å². The molecule has 2 heterocycles. The number of aliphatic hydroxyl groups is 7. The predicted octanol–water partition coefficient (Wildman–Crippen LogP) is 6.15. The van der Waals surface area contributed by atoms with Crippen molar-refractivity contribution in [1.29, 1.82) is 0 Å². The summed E-state index contributed by atoms with van der Waals surface area (Å²) in [5, 5.41) is 71.9. The third kappa shape index (κ3) is 25.0. The van der Waals surface area contributed by atoms with Crippen LogP contribution in [-0.4, -0.2) is 142 Å². The Labute approximate surface area is 383 Å². The van der Waals surface area contributed by atoms with Gasteiger partial charge >= 0.3 is 11.9 Å². The van der Waals surface area contributed by atoms with Gasteiger partial charge < -0.3 is 64.2 Å². The number of carbonyl (C=O) groups excluding carboxylic acids is 2. The highest BCUT2D eigenvalue weighted by molar-refractivity contribution is 5.70. The Hall–Kier alpha value is -2.28. The number of allylic oxidation sites excluding steroid dienone is 6. The number of carbonyl (C=O) groups is 2. The lowest BCUT2D eigenvalue weighted by Crippen LogP contribution is -2.61. The van der Waals surface area contributed by atoms with Crippen molar-refractivity contribution in [3.05, 3.63) is 36.5 Å². The summed E-state index contributed by atoms with van der Waals surface area (Å²) in [7, 11) is 0. The third-order valence-electron chi connectivity index (χ3n) is 11.6. The molecule has 0 aromatic heterocycles. The molecule has 372 valence electrons. The first-order chi connectivity index (χ1) is 31.0. The topological polar surface area (TPSA) is 231 Å². The summed E-state index contributed by atoms with van der Waals surface area (Å²) in [4.78, 5) is 25.6. The molecule has 0 amide bonds. The molecule has 15 heteroatoms. The zero-order chi connectivity index (χ0) is 46.8. The molecule has 11 unspecified atom stereocenters. The van der Waals surface area contributed by atoms with Crippen LogP contribution < -0.4 is 0 Å². The molecule has 0 radical (unpaired) electrons. The van der Waals surface area contributed by atoms with Crippen LogP contribution in [0, 0.1) is 0 Å². The van der Waals surface area contributed by atoms with Gasteiger partial charge in [0.25, 0.3) is 0 Å². The highest BCUT2D eigenvalue weighted by Crippen LogP contribution is 2.26. The molecule has 0 saturated carbocycles. The number of hydrogen-bond acceptors (Lipinski definition) is 15. The highest BCUT2D eigenvalue weighted by atomic mass is 16.7. The van der Waals surface area contributed by atoms with Crippen LogP contribution in [-0.2, 0) is 38.0 Å². The average Bonchev–Trinajstić information content (AvgIpc) is 3.29. The van der Waals surface area contributed by atoms with Gasteiger partial charge in [-0.25, -0.2) is 0 Å². The molecule has 2 saturated heterocycles. The van der Waals surface area contributed by atoms with Crippen LogP contribution >= 0.6 is 0 Å². The lowest BCUT2D eigenvalue weighted by molar-refractivity contribution is -0.332. The lowest BCUT2D eigenvalue weighted by atomic mass is 9.98. The van der Waals surface area contributed by atoms with Crippen molar-refractivity contribution >= 4 is 11.9 Å². The largest absolute Gasteiger partial charge is 0.462 e. The van der Waals surface area contributed by atoms with Gasteiger partial charge in [0, 0.05) is 12.8 Å². The van der Waals surface area contributed by atoms with Crippen molar-refractivity contribution < 1.29 is 73.8 Å². The Morgan fingerprint density at radius 2 is 0.938 bits per heavy atom. The van der Waals surface area contributed by atoms with Crippen LogP contribution in [0.15, 0.2) is 36.5 Å². The highest BCUT2D eigenvalue weighted by Gasteiger charge is 2.47. The molecule has 0 aromatic rings. The monoisotopic (exact) mass is 915 g/mol. The van der Waals surface area contributed by atoms with Crippen LogP contribution in [0.3, 0.4) is 0 Å². The maximum absolute atomic E-state index is 13.0. The molecule has 2 aliphatic rings. The Morgan fingerprint density at radius 1 is 0.500 bits per heavy atom. The predicted molar refractivity (Wildman–Crippen MR) is 243 cm³/mol. The Morgan fingerprint density at radius 3 is 1.50 bits per heavy atom. The van der Waals surface area contributed by atoms with Gasteiger partial charge in [-0.15, -0.1) is 0 Å². The van der Waals surface area contributed by atoms with Crippen molar-refractivity contribution in [3.63, 3.8) is 0 Å². The summed E-state index contributed by atoms with van der Waals surface area (Å²) in [6.45, 7) is 2.51. The maximum atomic E-state index is 13.0. The zero-order valence-electron chi connectivity index (χ0n) is 39.0. The SMILES string of the molecule is CCCCC/C=C\C/C=C\C/C=C\CCCCCCCCC(=O)OC(COC(=O)CCCCCCCCCCC)COC1OC(COC2OC(CO)C(O)C(O)C2O)C(O)C(O)C1O. The summed E-state index contributed by atoms with van der Waals surface area (Å²) in [5.74, 6) is -0.942. The van der Waals surface area contributed by atoms with E-state index in [1.807, 2.05) is 0 Å². The molecule has 0 bridgehead atoms. The van der Waals surface area contributed by atoms with Crippen molar-refractivity contribution in [3.8, 4) is 0 Å². The summed E-state index contributed by atoms with van der Waals surface area (Å²) >= 11 is 0. The number of aliphatic hydroxyl groups excluding tert-OH is 7. The number of rotatable bonds is 37. The first kappa shape index (κ1) is 57.8. The van der Waals surface area contributed by atoms with Gasteiger partial charge in [0.1, 0.15) is 55.4 Å². The number of esters is 2. The maximum Gasteiger partial charge on any atom is 0.306 e. The summed E-state index contributed by atoms with van der Waals surface area (Å²) in [5.41, 5.74) is 0. The minimum atomic E-state index is -1.77. The van der Waals surface area contributed by atoms with Crippen LogP contribution in [0.4, 0.5) is 0 Å². The minimum absolute atomic E-state index is 0.151. The summed E-state index contributed by atoms with van der Waals surface area (Å²) in [6, 6.07) is 0. The summed E-state index contributed by atoms with van der Waals surface area (Å²) in [6.07, 6.45) is 20.4. The standard InChI is InChI=1S/C49H86O15/c1-3-5-7-9-11-13-14-15-16-17-18-19-20-21-22-24-26-28-30-32-41(52)62-37(34-59-40(51)31-29-27-25-23-12-10-8-6-4-2)35-60-48-47(58)45(56)43(54)39(64-48)36-61-49-46(57)44(55)42(53)38(33-50)63-49/h11,13,15-16,18-19,37-39,42-50,53-58H,3-10,12,14,17,20-36H2,1-2H3/b13-11-,16-15-,19-18-. The van der Waals surface area contributed by atoms with E-state index in [9.17, 15) is 45.3 Å². The molecule has 64 heavy (non-hydrogen) atoms. The van der Waals surface area contributed by atoms with E-state index < -0.39 is 92.7 Å². The van der Waals surface area contributed by atoms with Gasteiger partial charge in [-0.3, -0.25) is 9.59 Å².